The highest BCUT2D eigenvalue weighted by Crippen LogP contribution is 2.13. The Balaban J connectivity index is 1.97. The van der Waals surface area contributed by atoms with Crippen LogP contribution in [0.2, 0.25) is 0 Å². The molecule has 0 bridgehead atoms. The van der Waals surface area contributed by atoms with Crippen LogP contribution in [0.1, 0.15) is 13.8 Å². The van der Waals surface area contributed by atoms with Gasteiger partial charge in [0.25, 0.3) is 0 Å². The fraction of sp³-hybridized carbons (Fsp3) is 0.533. The summed E-state index contributed by atoms with van der Waals surface area (Å²) < 4.78 is 0. The molecule has 0 aliphatic carbocycles. The third-order valence-electron chi connectivity index (χ3n) is 3.50. The Morgan fingerprint density at radius 3 is 2.79 bits per heavy atom. The topological polar surface area (TPSA) is 35.6 Å². The number of carbonyl (C=O) groups excluding carboxylic acids is 1. The zero-order valence-corrected chi connectivity index (χ0v) is 11.8. The number of hydrogen-bond acceptors (Lipinski definition) is 3. The van der Waals surface area contributed by atoms with Crippen molar-refractivity contribution in [3.05, 3.63) is 30.3 Å². The van der Waals surface area contributed by atoms with Crippen LogP contribution in [0.15, 0.2) is 30.3 Å². The fourth-order valence-corrected chi connectivity index (χ4v) is 2.54. The van der Waals surface area contributed by atoms with Crippen LogP contribution in [-0.4, -0.2) is 49.6 Å². The van der Waals surface area contributed by atoms with Gasteiger partial charge >= 0.3 is 0 Å². The van der Waals surface area contributed by atoms with E-state index in [1.165, 1.54) is 0 Å². The van der Waals surface area contributed by atoms with E-state index in [-0.39, 0.29) is 5.91 Å². The van der Waals surface area contributed by atoms with E-state index < -0.39 is 0 Å². The molecular weight excluding hydrogens is 238 g/mol. The number of benzene rings is 1. The third kappa shape index (κ3) is 3.78. The summed E-state index contributed by atoms with van der Waals surface area (Å²) in [4.78, 5) is 16.5. The molecule has 1 aliphatic heterocycles. The van der Waals surface area contributed by atoms with Crippen LogP contribution >= 0.6 is 0 Å². The van der Waals surface area contributed by atoms with Gasteiger partial charge in [0, 0.05) is 37.9 Å². The van der Waals surface area contributed by atoms with Crippen LogP contribution in [0.25, 0.3) is 0 Å². The first-order valence-electron chi connectivity index (χ1n) is 7.02. The molecule has 0 radical (unpaired) electrons. The minimum atomic E-state index is 0.183. The first-order chi connectivity index (χ1) is 9.20. The molecule has 4 heteroatoms. The summed E-state index contributed by atoms with van der Waals surface area (Å²) in [5, 5.41) is 3.39. The number of nitrogens with one attached hydrogen (secondary N) is 1. The Hall–Kier alpha value is -1.39. The molecule has 1 atom stereocenters. The summed E-state index contributed by atoms with van der Waals surface area (Å²) >= 11 is 0. The van der Waals surface area contributed by atoms with Crippen molar-refractivity contribution in [1.29, 1.82) is 0 Å². The molecule has 0 saturated carbocycles. The van der Waals surface area contributed by atoms with Gasteiger partial charge in [0.15, 0.2) is 0 Å². The number of likely N-dealkylation sites (N-methyl/N-ethyl adjacent to an activating group) is 1. The summed E-state index contributed by atoms with van der Waals surface area (Å²) in [5.74, 6) is 0.183. The van der Waals surface area contributed by atoms with Gasteiger partial charge in [0.2, 0.25) is 5.91 Å². The number of hydrogen-bond donors (Lipinski definition) is 1. The first kappa shape index (κ1) is 14.0. The highest BCUT2D eigenvalue weighted by molar-refractivity contribution is 5.94. The smallest absolute Gasteiger partial charge is 0.241 e. The van der Waals surface area contributed by atoms with E-state index in [0.717, 1.165) is 25.3 Å². The number of rotatable bonds is 4. The molecule has 1 fully saturated rings. The van der Waals surface area contributed by atoms with Gasteiger partial charge in [-0.3, -0.25) is 9.69 Å². The molecule has 0 spiro atoms. The second kappa shape index (κ2) is 6.68. The summed E-state index contributed by atoms with van der Waals surface area (Å²) in [7, 11) is 0. The van der Waals surface area contributed by atoms with Crippen molar-refractivity contribution in [2.45, 2.75) is 19.9 Å². The van der Waals surface area contributed by atoms with Crippen molar-refractivity contribution in [3.63, 3.8) is 0 Å². The van der Waals surface area contributed by atoms with Crippen LogP contribution in [0, 0.1) is 0 Å². The quantitative estimate of drug-likeness (QED) is 0.888. The summed E-state index contributed by atoms with van der Waals surface area (Å²) in [6.07, 6.45) is 0. The van der Waals surface area contributed by atoms with Crippen LogP contribution < -0.4 is 10.2 Å². The van der Waals surface area contributed by atoms with Crippen molar-refractivity contribution in [3.8, 4) is 0 Å². The second-order valence-electron chi connectivity index (χ2n) is 5.06. The van der Waals surface area contributed by atoms with Crippen molar-refractivity contribution >= 4 is 11.6 Å². The maximum Gasteiger partial charge on any atom is 0.241 e. The summed E-state index contributed by atoms with van der Waals surface area (Å²) in [6.45, 7) is 8.25. The molecule has 1 saturated heterocycles. The molecule has 1 N–H and O–H groups in total. The van der Waals surface area contributed by atoms with E-state index in [4.69, 9.17) is 0 Å². The van der Waals surface area contributed by atoms with Crippen molar-refractivity contribution in [2.24, 2.45) is 0 Å². The van der Waals surface area contributed by atoms with E-state index in [9.17, 15) is 4.79 Å². The average Bonchev–Trinajstić information content (AvgIpc) is 2.41. The zero-order chi connectivity index (χ0) is 13.7. The molecule has 1 heterocycles. The largest absolute Gasteiger partial charge is 0.312 e. The molecule has 104 valence electrons. The lowest BCUT2D eigenvalue weighted by Crippen LogP contribution is -2.52. The molecule has 0 aromatic heterocycles. The van der Waals surface area contributed by atoms with Gasteiger partial charge in [-0.2, -0.15) is 0 Å². The monoisotopic (exact) mass is 261 g/mol. The first-order valence-corrected chi connectivity index (χ1v) is 7.02. The van der Waals surface area contributed by atoms with E-state index in [2.05, 4.69) is 17.1 Å². The van der Waals surface area contributed by atoms with E-state index >= 15 is 0 Å². The highest BCUT2D eigenvalue weighted by atomic mass is 16.2. The predicted molar refractivity (Wildman–Crippen MR) is 78.4 cm³/mol. The van der Waals surface area contributed by atoms with Gasteiger partial charge in [-0.15, -0.1) is 0 Å². The van der Waals surface area contributed by atoms with Crippen LogP contribution in [0.4, 0.5) is 5.69 Å². The molecule has 0 unspecified atom stereocenters. The van der Waals surface area contributed by atoms with E-state index in [0.29, 0.717) is 19.1 Å². The van der Waals surface area contributed by atoms with E-state index in [1.807, 2.05) is 42.2 Å². The standard InChI is InChI=1S/C15H23N3O/c1-3-18(14-7-5-4-6-8-14)15(19)12-17-10-9-16-13(2)11-17/h4-8,13,16H,3,9-12H2,1-2H3/t13-/m0/s1. The minimum Gasteiger partial charge on any atom is -0.312 e. The Kier molecular flexibility index (Phi) is 4.93. The van der Waals surface area contributed by atoms with Crippen molar-refractivity contribution < 1.29 is 4.79 Å². The van der Waals surface area contributed by atoms with Gasteiger partial charge in [0.05, 0.1) is 6.54 Å². The van der Waals surface area contributed by atoms with Gasteiger partial charge in [-0.05, 0) is 26.0 Å². The maximum absolute atomic E-state index is 12.4. The molecule has 2 rings (SSSR count). The Morgan fingerprint density at radius 2 is 2.16 bits per heavy atom. The van der Waals surface area contributed by atoms with E-state index in [1.54, 1.807) is 0 Å². The third-order valence-corrected chi connectivity index (χ3v) is 3.50. The summed E-state index contributed by atoms with van der Waals surface area (Å²) in [5.41, 5.74) is 0.984. The number of carbonyl (C=O) groups is 1. The minimum absolute atomic E-state index is 0.183. The predicted octanol–water partition coefficient (Wildman–Crippen LogP) is 1.33. The molecule has 1 aliphatic rings. The molecular formula is C15H23N3O. The number of amides is 1. The Labute approximate surface area is 115 Å². The Morgan fingerprint density at radius 1 is 1.42 bits per heavy atom. The van der Waals surface area contributed by atoms with Gasteiger partial charge in [-0.25, -0.2) is 0 Å². The molecule has 4 nitrogen and oxygen atoms in total. The average molecular weight is 261 g/mol. The lowest BCUT2D eigenvalue weighted by Gasteiger charge is -2.33. The van der Waals surface area contributed by atoms with Crippen LogP contribution in [-0.2, 0) is 4.79 Å². The number of nitrogens with zero attached hydrogens (tertiary/aromatic N) is 2. The van der Waals surface area contributed by atoms with Gasteiger partial charge in [0.1, 0.15) is 0 Å². The maximum atomic E-state index is 12.4. The van der Waals surface area contributed by atoms with Crippen LogP contribution in [0.3, 0.4) is 0 Å². The highest BCUT2D eigenvalue weighted by Gasteiger charge is 2.21. The van der Waals surface area contributed by atoms with Gasteiger partial charge < -0.3 is 10.2 Å². The lowest BCUT2D eigenvalue weighted by molar-refractivity contribution is -0.119. The normalized spacial score (nSPS) is 20.2. The fourth-order valence-electron chi connectivity index (χ4n) is 2.54. The van der Waals surface area contributed by atoms with Gasteiger partial charge in [-0.1, -0.05) is 18.2 Å². The molecule has 1 amide bonds. The second-order valence-corrected chi connectivity index (χ2v) is 5.06. The SMILES string of the molecule is CCN(C(=O)CN1CCN[C@@H](C)C1)c1ccccc1. The summed E-state index contributed by atoms with van der Waals surface area (Å²) in [6, 6.07) is 10.4. The van der Waals surface area contributed by atoms with Crippen LogP contribution in [0.5, 0.6) is 0 Å². The number of anilines is 1. The van der Waals surface area contributed by atoms with Crippen molar-refractivity contribution in [1.82, 2.24) is 10.2 Å². The van der Waals surface area contributed by atoms with Crippen molar-refractivity contribution in [2.75, 3.05) is 37.6 Å². The number of para-hydroxylation sites is 1. The Bertz CT molecular complexity index is 407. The number of piperazine rings is 1. The molecule has 1 aromatic rings. The lowest BCUT2D eigenvalue weighted by atomic mass is 10.2. The zero-order valence-electron chi connectivity index (χ0n) is 11.8. The molecule has 1 aromatic carbocycles. The molecule has 19 heavy (non-hydrogen) atoms.